The van der Waals surface area contributed by atoms with E-state index < -0.39 is 0 Å². The Morgan fingerprint density at radius 2 is 2.00 bits per heavy atom. The molecule has 0 bridgehead atoms. The van der Waals surface area contributed by atoms with Crippen molar-refractivity contribution >= 4 is 17.5 Å². The molecular weight excluding hydrogens is 216 g/mol. The van der Waals surface area contributed by atoms with Crippen molar-refractivity contribution in [2.24, 2.45) is 5.92 Å². The van der Waals surface area contributed by atoms with Crippen molar-refractivity contribution in [2.45, 2.75) is 13.3 Å². The summed E-state index contributed by atoms with van der Waals surface area (Å²) in [5, 5.41) is 2.59. The highest BCUT2D eigenvalue weighted by Crippen LogP contribution is 2.25. The molecule has 0 unspecified atom stereocenters. The van der Waals surface area contributed by atoms with Gasteiger partial charge in [0.25, 0.3) is 0 Å². The fourth-order valence-corrected chi connectivity index (χ4v) is 2.06. The van der Waals surface area contributed by atoms with Crippen molar-refractivity contribution in [3.05, 3.63) is 29.8 Å². The second-order valence-corrected chi connectivity index (χ2v) is 4.36. The Morgan fingerprint density at radius 3 is 2.59 bits per heavy atom. The van der Waals surface area contributed by atoms with Gasteiger partial charge in [0.1, 0.15) is 0 Å². The highest BCUT2D eigenvalue weighted by Gasteiger charge is 2.34. The first-order chi connectivity index (χ1) is 8.11. The van der Waals surface area contributed by atoms with Crippen LogP contribution in [0.15, 0.2) is 24.3 Å². The maximum atomic E-state index is 11.8. The highest BCUT2D eigenvalue weighted by atomic mass is 16.2. The zero-order valence-electron chi connectivity index (χ0n) is 10.1. The van der Waals surface area contributed by atoms with Crippen LogP contribution in [0.25, 0.3) is 0 Å². The molecule has 17 heavy (non-hydrogen) atoms. The van der Waals surface area contributed by atoms with Crippen molar-refractivity contribution in [1.29, 1.82) is 0 Å². The Bertz CT molecular complexity index is 439. The summed E-state index contributed by atoms with van der Waals surface area (Å²) >= 11 is 0. The molecule has 1 aromatic rings. The first kappa shape index (κ1) is 11.6. The number of rotatable bonds is 2. The van der Waals surface area contributed by atoms with Gasteiger partial charge < -0.3 is 10.2 Å². The fraction of sp³-hybridized carbons (Fsp3) is 0.385. The maximum absolute atomic E-state index is 11.8. The lowest BCUT2D eigenvalue weighted by Crippen LogP contribution is -2.30. The van der Waals surface area contributed by atoms with Crippen molar-refractivity contribution in [3.8, 4) is 0 Å². The lowest BCUT2D eigenvalue weighted by Gasteiger charge is -2.16. The van der Waals surface area contributed by atoms with Gasteiger partial charge in [0.15, 0.2) is 0 Å². The van der Waals surface area contributed by atoms with E-state index >= 15 is 0 Å². The van der Waals surface area contributed by atoms with Crippen LogP contribution < -0.4 is 10.2 Å². The van der Waals surface area contributed by atoms with E-state index in [9.17, 15) is 9.59 Å². The average molecular weight is 232 g/mol. The van der Waals surface area contributed by atoms with E-state index in [0.29, 0.717) is 13.0 Å². The minimum absolute atomic E-state index is 0.0162. The van der Waals surface area contributed by atoms with Gasteiger partial charge in [0.2, 0.25) is 11.8 Å². The molecule has 0 saturated carbocycles. The smallest absolute Gasteiger partial charge is 0.227 e. The number of benzene rings is 1. The topological polar surface area (TPSA) is 49.4 Å². The zero-order valence-corrected chi connectivity index (χ0v) is 10.1. The fourth-order valence-electron chi connectivity index (χ4n) is 2.06. The Labute approximate surface area is 101 Å². The maximum Gasteiger partial charge on any atom is 0.227 e. The quantitative estimate of drug-likeness (QED) is 0.830. The number of anilines is 1. The zero-order chi connectivity index (χ0) is 12.4. The number of hydrogen-bond donors (Lipinski definition) is 1. The largest absolute Gasteiger partial charge is 0.359 e. The molecule has 4 nitrogen and oxygen atoms in total. The van der Waals surface area contributed by atoms with Crippen LogP contribution >= 0.6 is 0 Å². The Balaban J connectivity index is 2.15. The summed E-state index contributed by atoms with van der Waals surface area (Å²) in [6.45, 7) is 2.48. The van der Waals surface area contributed by atoms with Crippen LogP contribution in [0.5, 0.6) is 0 Å². The molecule has 0 aliphatic carbocycles. The summed E-state index contributed by atoms with van der Waals surface area (Å²) in [6, 6.07) is 7.77. The summed E-state index contributed by atoms with van der Waals surface area (Å²) in [4.78, 5) is 25.0. The van der Waals surface area contributed by atoms with Gasteiger partial charge in [-0.3, -0.25) is 9.59 Å². The molecule has 4 heteroatoms. The minimum Gasteiger partial charge on any atom is -0.359 e. The third kappa shape index (κ3) is 2.30. The Kier molecular flexibility index (Phi) is 3.13. The molecule has 90 valence electrons. The van der Waals surface area contributed by atoms with Gasteiger partial charge in [0.05, 0.1) is 5.92 Å². The van der Waals surface area contributed by atoms with E-state index in [1.165, 1.54) is 0 Å². The number of aryl methyl sites for hydroxylation is 1. The van der Waals surface area contributed by atoms with Gasteiger partial charge in [0, 0.05) is 25.7 Å². The van der Waals surface area contributed by atoms with E-state index in [2.05, 4.69) is 5.32 Å². The molecular formula is C13H16N2O2. The van der Waals surface area contributed by atoms with Gasteiger partial charge in [-0.1, -0.05) is 17.7 Å². The second-order valence-electron chi connectivity index (χ2n) is 4.36. The van der Waals surface area contributed by atoms with Crippen LogP contribution in [-0.4, -0.2) is 25.4 Å². The predicted molar refractivity (Wildman–Crippen MR) is 65.7 cm³/mol. The number of amides is 2. The van der Waals surface area contributed by atoms with Gasteiger partial charge in [-0.05, 0) is 19.1 Å². The normalized spacial score (nSPS) is 19.5. The van der Waals surface area contributed by atoms with Crippen LogP contribution in [0.1, 0.15) is 12.0 Å². The van der Waals surface area contributed by atoms with Crippen LogP contribution in [0.3, 0.4) is 0 Å². The van der Waals surface area contributed by atoms with E-state index in [1.807, 2.05) is 31.2 Å². The summed E-state index contributed by atoms with van der Waals surface area (Å²) in [6.07, 6.45) is 0.299. The second kappa shape index (κ2) is 4.57. The highest BCUT2D eigenvalue weighted by molar-refractivity contribution is 6.00. The van der Waals surface area contributed by atoms with E-state index in [4.69, 9.17) is 0 Å². The first-order valence-corrected chi connectivity index (χ1v) is 5.70. The van der Waals surface area contributed by atoms with Crippen LogP contribution in [-0.2, 0) is 9.59 Å². The summed E-state index contributed by atoms with van der Waals surface area (Å²) < 4.78 is 0. The van der Waals surface area contributed by atoms with Crippen molar-refractivity contribution in [1.82, 2.24) is 5.32 Å². The molecule has 1 aliphatic heterocycles. The molecule has 0 radical (unpaired) electrons. The molecule has 0 aromatic heterocycles. The number of nitrogens with zero attached hydrogens (tertiary/aromatic N) is 1. The predicted octanol–water partition coefficient (Wildman–Crippen LogP) is 1.09. The average Bonchev–Trinajstić information content (AvgIpc) is 2.71. The van der Waals surface area contributed by atoms with Gasteiger partial charge in [-0.15, -0.1) is 0 Å². The number of hydrogen-bond acceptors (Lipinski definition) is 2. The molecule has 1 atom stereocenters. The summed E-state index contributed by atoms with van der Waals surface area (Å²) in [7, 11) is 1.60. The number of nitrogens with one attached hydrogen (secondary N) is 1. The molecule has 1 aliphatic rings. The number of carbonyl (C=O) groups is 2. The molecule has 2 rings (SSSR count). The van der Waals surface area contributed by atoms with E-state index in [1.54, 1.807) is 11.9 Å². The lowest BCUT2D eigenvalue weighted by molar-refractivity contribution is -0.125. The SMILES string of the molecule is CNC(=O)[C@@H]1CC(=O)N(c2ccc(C)cc2)C1. The molecule has 1 aromatic carbocycles. The minimum atomic E-state index is -0.228. The summed E-state index contributed by atoms with van der Waals surface area (Å²) in [5.41, 5.74) is 2.02. The van der Waals surface area contributed by atoms with Gasteiger partial charge in [-0.25, -0.2) is 0 Å². The van der Waals surface area contributed by atoms with Gasteiger partial charge >= 0.3 is 0 Å². The number of carbonyl (C=O) groups excluding carboxylic acids is 2. The third-order valence-corrected chi connectivity index (χ3v) is 3.09. The van der Waals surface area contributed by atoms with E-state index in [0.717, 1.165) is 11.3 Å². The third-order valence-electron chi connectivity index (χ3n) is 3.09. The van der Waals surface area contributed by atoms with Crippen molar-refractivity contribution in [3.63, 3.8) is 0 Å². The standard InChI is InChI=1S/C13H16N2O2/c1-9-3-5-11(6-4-9)15-8-10(7-12(15)16)13(17)14-2/h3-6,10H,7-8H2,1-2H3,(H,14,17)/t10-/m1/s1. The monoisotopic (exact) mass is 232 g/mol. The van der Waals surface area contributed by atoms with Crippen molar-refractivity contribution < 1.29 is 9.59 Å². The van der Waals surface area contributed by atoms with Crippen molar-refractivity contribution in [2.75, 3.05) is 18.5 Å². The van der Waals surface area contributed by atoms with Crippen LogP contribution in [0.4, 0.5) is 5.69 Å². The molecule has 1 saturated heterocycles. The van der Waals surface area contributed by atoms with Crippen LogP contribution in [0, 0.1) is 12.8 Å². The van der Waals surface area contributed by atoms with Gasteiger partial charge in [-0.2, -0.15) is 0 Å². The summed E-state index contributed by atoms with van der Waals surface area (Å²) in [5.74, 6) is -0.274. The molecule has 2 amide bonds. The molecule has 1 fully saturated rings. The Hall–Kier alpha value is -1.84. The molecule has 1 N–H and O–H groups in total. The molecule has 1 heterocycles. The van der Waals surface area contributed by atoms with E-state index in [-0.39, 0.29) is 17.7 Å². The molecule has 0 spiro atoms. The van der Waals surface area contributed by atoms with Crippen LogP contribution in [0.2, 0.25) is 0 Å². The first-order valence-electron chi connectivity index (χ1n) is 5.70. The Morgan fingerprint density at radius 1 is 1.35 bits per heavy atom. The lowest BCUT2D eigenvalue weighted by atomic mass is 10.1.